The topological polar surface area (TPSA) is 81.7 Å². The molecule has 0 radical (unpaired) electrons. The van der Waals surface area contributed by atoms with Gasteiger partial charge in [-0.1, -0.05) is 17.7 Å². The van der Waals surface area contributed by atoms with E-state index >= 15 is 0 Å². The number of nitrogens with one attached hydrogen (secondary N) is 1. The quantitative estimate of drug-likeness (QED) is 0.821. The van der Waals surface area contributed by atoms with Crippen LogP contribution in [0.2, 0.25) is 0 Å². The number of carbonyl (C=O) groups excluding carboxylic acids is 1. The second kappa shape index (κ2) is 7.74. The van der Waals surface area contributed by atoms with Crippen molar-refractivity contribution < 1.29 is 22.1 Å². The lowest BCUT2D eigenvalue weighted by Crippen LogP contribution is -2.43. The fraction of sp³-hybridized carbons (Fsp3) is 0.611. The lowest BCUT2D eigenvalue weighted by atomic mass is 9.93. The summed E-state index contributed by atoms with van der Waals surface area (Å²) < 4.78 is 35.4. The van der Waals surface area contributed by atoms with E-state index in [1.807, 2.05) is 6.92 Å². The summed E-state index contributed by atoms with van der Waals surface area (Å²) in [5.74, 6) is 0. The van der Waals surface area contributed by atoms with Crippen LogP contribution in [0, 0.1) is 6.92 Å². The fourth-order valence-electron chi connectivity index (χ4n) is 2.78. The normalized spacial score (nSPS) is 21.6. The van der Waals surface area contributed by atoms with Gasteiger partial charge in [0.25, 0.3) is 10.1 Å². The molecule has 7 heteroatoms. The molecule has 2 rings (SSSR count). The molecule has 1 saturated carbocycles. The largest absolute Gasteiger partial charge is 0.444 e. The summed E-state index contributed by atoms with van der Waals surface area (Å²) in [7, 11) is -3.80. The molecular weight excluding hydrogens is 342 g/mol. The molecule has 0 aliphatic heterocycles. The van der Waals surface area contributed by atoms with Gasteiger partial charge in [-0.25, -0.2) is 4.79 Å². The molecule has 0 saturated heterocycles. The zero-order valence-electron chi connectivity index (χ0n) is 15.2. The van der Waals surface area contributed by atoms with Crippen LogP contribution in [-0.4, -0.2) is 32.3 Å². The SMILES string of the molecule is Cc1ccc(S(=O)(=O)OC2CCCC(NC(=O)OC(C)(C)C)C2)cc1. The number of ether oxygens (including phenoxy) is 1. The third-order valence-corrected chi connectivity index (χ3v) is 5.29. The third kappa shape index (κ3) is 6.32. The summed E-state index contributed by atoms with van der Waals surface area (Å²) in [4.78, 5) is 12.0. The van der Waals surface area contributed by atoms with Gasteiger partial charge in [-0.3, -0.25) is 4.18 Å². The van der Waals surface area contributed by atoms with Crippen molar-refractivity contribution in [2.24, 2.45) is 0 Å². The van der Waals surface area contributed by atoms with Gasteiger partial charge in [-0.15, -0.1) is 0 Å². The van der Waals surface area contributed by atoms with Crippen LogP contribution in [0.1, 0.15) is 52.0 Å². The Hall–Kier alpha value is -1.60. The molecule has 6 nitrogen and oxygen atoms in total. The van der Waals surface area contributed by atoms with Gasteiger partial charge in [0.05, 0.1) is 11.0 Å². The van der Waals surface area contributed by atoms with Crippen LogP contribution < -0.4 is 5.32 Å². The number of rotatable bonds is 4. The van der Waals surface area contributed by atoms with Gasteiger partial charge < -0.3 is 10.1 Å². The number of amides is 1. The minimum atomic E-state index is -3.80. The number of benzene rings is 1. The van der Waals surface area contributed by atoms with Crippen molar-refractivity contribution in [1.82, 2.24) is 5.32 Å². The summed E-state index contributed by atoms with van der Waals surface area (Å²) in [5, 5.41) is 2.80. The molecule has 0 bridgehead atoms. The van der Waals surface area contributed by atoms with E-state index in [1.54, 1.807) is 45.0 Å². The molecule has 1 N–H and O–H groups in total. The molecule has 2 atom stereocenters. The van der Waals surface area contributed by atoms with Gasteiger partial charge in [0, 0.05) is 6.04 Å². The Balaban J connectivity index is 1.94. The molecule has 1 aromatic rings. The van der Waals surface area contributed by atoms with Gasteiger partial charge in [-0.05, 0) is 65.5 Å². The van der Waals surface area contributed by atoms with E-state index in [1.165, 1.54) is 0 Å². The molecule has 1 aliphatic carbocycles. The van der Waals surface area contributed by atoms with E-state index in [0.717, 1.165) is 18.4 Å². The van der Waals surface area contributed by atoms with E-state index in [2.05, 4.69) is 5.32 Å². The molecule has 1 amide bonds. The van der Waals surface area contributed by atoms with Gasteiger partial charge >= 0.3 is 6.09 Å². The van der Waals surface area contributed by atoms with Crippen molar-refractivity contribution in [3.63, 3.8) is 0 Å². The Morgan fingerprint density at radius 3 is 2.40 bits per heavy atom. The summed E-state index contributed by atoms with van der Waals surface area (Å²) >= 11 is 0. The zero-order chi connectivity index (χ0) is 18.7. The van der Waals surface area contributed by atoms with Crippen molar-refractivity contribution in [2.45, 2.75) is 76.0 Å². The van der Waals surface area contributed by atoms with E-state index in [0.29, 0.717) is 12.8 Å². The first-order valence-electron chi connectivity index (χ1n) is 8.55. The average Bonchev–Trinajstić information content (AvgIpc) is 2.45. The monoisotopic (exact) mass is 369 g/mol. The van der Waals surface area contributed by atoms with Crippen molar-refractivity contribution in [1.29, 1.82) is 0 Å². The van der Waals surface area contributed by atoms with Crippen LogP contribution in [0.15, 0.2) is 29.2 Å². The second-order valence-electron chi connectivity index (χ2n) is 7.50. The van der Waals surface area contributed by atoms with Crippen LogP contribution in [0.25, 0.3) is 0 Å². The number of aryl methyl sites for hydroxylation is 1. The van der Waals surface area contributed by atoms with Crippen LogP contribution in [-0.2, 0) is 19.0 Å². The van der Waals surface area contributed by atoms with E-state index in [9.17, 15) is 13.2 Å². The van der Waals surface area contributed by atoms with Gasteiger partial charge in [0.1, 0.15) is 5.60 Å². The minimum Gasteiger partial charge on any atom is -0.444 e. The maximum Gasteiger partial charge on any atom is 0.407 e. The number of hydrogen-bond acceptors (Lipinski definition) is 5. The van der Waals surface area contributed by atoms with Crippen LogP contribution >= 0.6 is 0 Å². The first kappa shape index (κ1) is 19.7. The zero-order valence-corrected chi connectivity index (χ0v) is 16.1. The Morgan fingerprint density at radius 1 is 1.16 bits per heavy atom. The molecule has 2 unspecified atom stereocenters. The van der Waals surface area contributed by atoms with Crippen molar-refractivity contribution in [3.05, 3.63) is 29.8 Å². The van der Waals surface area contributed by atoms with Gasteiger partial charge in [0.15, 0.2) is 0 Å². The predicted octanol–water partition coefficient (Wildman–Crippen LogP) is 3.54. The molecule has 1 aliphatic rings. The highest BCUT2D eigenvalue weighted by Gasteiger charge is 2.29. The summed E-state index contributed by atoms with van der Waals surface area (Å²) in [6.45, 7) is 7.29. The smallest absolute Gasteiger partial charge is 0.407 e. The minimum absolute atomic E-state index is 0.151. The second-order valence-corrected chi connectivity index (χ2v) is 9.07. The van der Waals surface area contributed by atoms with Crippen LogP contribution in [0.4, 0.5) is 4.79 Å². The summed E-state index contributed by atoms with van der Waals surface area (Å²) in [6, 6.07) is 6.42. The fourth-order valence-corrected chi connectivity index (χ4v) is 3.89. The third-order valence-electron chi connectivity index (χ3n) is 3.92. The Bertz CT molecular complexity index is 691. The van der Waals surface area contributed by atoms with Crippen molar-refractivity contribution in [2.75, 3.05) is 0 Å². The molecule has 0 heterocycles. The molecule has 0 spiro atoms. The molecule has 1 aromatic carbocycles. The van der Waals surface area contributed by atoms with Crippen molar-refractivity contribution in [3.8, 4) is 0 Å². The molecule has 1 fully saturated rings. The average molecular weight is 369 g/mol. The van der Waals surface area contributed by atoms with Crippen molar-refractivity contribution >= 4 is 16.2 Å². The van der Waals surface area contributed by atoms with Crippen LogP contribution in [0.5, 0.6) is 0 Å². The summed E-state index contributed by atoms with van der Waals surface area (Å²) in [6.07, 6.45) is 1.74. The maximum atomic E-state index is 12.4. The molecule has 0 aromatic heterocycles. The van der Waals surface area contributed by atoms with Crippen LogP contribution in [0.3, 0.4) is 0 Å². The number of alkyl carbamates (subject to hydrolysis) is 1. The molecule has 25 heavy (non-hydrogen) atoms. The number of hydrogen-bond donors (Lipinski definition) is 1. The van der Waals surface area contributed by atoms with E-state index in [4.69, 9.17) is 8.92 Å². The highest BCUT2D eigenvalue weighted by molar-refractivity contribution is 7.86. The lowest BCUT2D eigenvalue weighted by molar-refractivity contribution is 0.0466. The molecule has 140 valence electrons. The Morgan fingerprint density at radius 2 is 1.80 bits per heavy atom. The first-order chi connectivity index (χ1) is 11.5. The predicted molar refractivity (Wildman–Crippen MR) is 94.9 cm³/mol. The van der Waals surface area contributed by atoms with E-state index < -0.39 is 27.9 Å². The highest BCUT2D eigenvalue weighted by atomic mass is 32.2. The Kier molecular flexibility index (Phi) is 6.11. The van der Waals surface area contributed by atoms with Gasteiger partial charge in [-0.2, -0.15) is 8.42 Å². The lowest BCUT2D eigenvalue weighted by Gasteiger charge is -2.30. The highest BCUT2D eigenvalue weighted by Crippen LogP contribution is 2.25. The maximum absolute atomic E-state index is 12.4. The standard InChI is InChI=1S/C18H27NO5S/c1-13-8-10-16(11-9-13)25(21,22)24-15-7-5-6-14(12-15)19-17(20)23-18(2,3)4/h8-11,14-15H,5-7,12H2,1-4H3,(H,19,20). The first-order valence-corrected chi connectivity index (χ1v) is 9.95. The molecular formula is C18H27NO5S. The van der Waals surface area contributed by atoms with Gasteiger partial charge in [0.2, 0.25) is 0 Å². The van der Waals surface area contributed by atoms with E-state index in [-0.39, 0.29) is 10.9 Å². The number of carbonyl (C=O) groups is 1. The summed E-state index contributed by atoms with van der Waals surface area (Å²) in [5.41, 5.74) is 0.418. The Labute approximate surface area is 150 Å².